The Morgan fingerprint density at radius 3 is 2.63 bits per heavy atom. The lowest BCUT2D eigenvalue weighted by Gasteiger charge is -2.28. The molecule has 2 N–H and O–H groups in total. The van der Waals surface area contributed by atoms with Gasteiger partial charge in [-0.25, -0.2) is 0 Å². The van der Waals surface area contributed by atoms with Crippen LogP contribution in [0.1, 0.15) is 33.9 Å². The molecule has 2 nitrogen and oxygen atoms in total. The maximum Gasteiger partial charge on any atom is 0.115 e. The van der Waals surface area contributed by atoms with Crippen LogP contribution in [0, 0.1) is 13.8 Å². The number of aryl methyl sites for hydroxylation is 2. The van der Waals surface area contributed by atoms with Gasteiger partial charge in [0.2, 0.25) is 0 Å². The third-order valence-corrected chi connectivity index (χ3v) is 3.92. The van der Waals surface area contributed by atoms with Crippen molar-refractivity contribution in [3.05, 3.63) is 64.2 Å². The highest BCUT2D eigenvalue weighted by atomic mass is 16.3. The van der Waals surface area contributed by atoms with Crippen LogP contribution < -0.4 is 5.32 Å². The molecule has 0 amide bonds. The summed E-state index contributed by atoms with van der Waals surface area (Å²) < 4.78 is 0. The van der Waals surface area contributed by atoms with Crippen molar-refractivity contribution in [3.63, 3.8) is 0 Å². The Morgan fingerprint density at radius 2 is 1.84 bits per heavy atom. The van der Waals surface area contributed by atoms with Crippen molar-refractivity contribution < 1.29 is 5.11 Å². The fraction of sp³-hybridized carbons (Fsp3) is 0.294. The molecular weight excluding hydrogens is 234 g/mol. The molecule has 0 spiro atoms. The van der Waals surface area contributed by atoms with E-state index in [4.69, 9.17) is 0 Å². The SMILES string of the molecule is Cc1ccc(C2NCCc3cc(O)ccc32)c(C)c1. The van der Waals surface area contributed by atoms with Crippen molar-refractivity contribution in [1.82, 2.24) is 5.32 Å². The van der Waals surface area contributed by atoms with Crippen LogP contribution in [0.15, 0.2) is 36.4 Å². The van der Waals surface area contributed by atoms with Crippen LogP contribution in [0.5, 0.6) is 5.75 Å². The molecule has 1 unspecified atom stereocenters. The van der Waals surface area contributed by atoms with Gasteiger partial charge in [0, 0.05) is 6.54 Å². The van der Waals surface area contributed by atoms with Crippen LogP contribution in [0.4, 0.5) is 0 Å². The normalized spacial score (nSPS) is 18.1. The van der Waals surface area contributed by atoms with Crippen LogP contribution >= 0.6 is 0 Å². The van der Waals surface area contributed by atoms with E-state index in [0.717, 1.165) is 13.0 Å². The Hall–Kier alpha value is -1.80. The maximum atomic E-state index is 9.62. The van der Waals surface area contributed by atoms with E-state index in [0.29, 0.717) is 5.75 Å². The van der Waals surface area contributed by atoms with Gasteiger partial charge in [0.1, 0.15) is 5.75 Å². The highest BCUT2D eigenvalue weighted by Gasteiger charge is 2.22. The summed E-state index contributed by atoms with van der Waals surface area (Å²) in [6, 6.07) is 12.6. The number of phenols is 1. The minimum absolute atomic E-state index is 0.241. The van der Waals surface area contributed by atoms with Crippen molar-refractivity contribution in [2.75, 3.05) is 6.54 Å². The largest absolute Gasteiger partial charge is 0.508 e. The smallest absolute Gasteiger partial charge is 0.115 e. The van der Waals surface area contributed by atoms with Crippen LogP contribution in [0.3, 0.4) is 0 Å². The first-order valence-corrected chi connectivity index (χ1v) is 6.77. The van der Waals surface area contributed by atoms with Crippen LogP contribution in [0.25, 0.3) is 0 Å². The van der Waals surface area contributed by atoms with Gasteiger partial charge in [-0.05, 0) is 54.7 Å². The summed E-state index contributed by atoms with van der Waals surface area (Å²) in [4.78, 5) is 0. The zero-order valence-corrected chi connectivity index (χ0v) is 11.4. The predicted octanol–water partition coefficient (Wildman–Crippen LogP) is 3.24. The average Bonchev–Trinajstić information content (AvgIpc) is 2.38. The maximum absolute atomic E-state index is 9.62. The monoisotopic (exact) mass is 253 g/mol. The molecule has 1 aliphatic heterocycles. The molecule has 2 aromatic rings. The van der Waals surface area contributed by atoms with Gasteiger partial charge in [-0.3, -0.25) is 0 Å². The lowest BCUT2D eigenvalue weighted by atomic mass is 9.87. The zero-order chi connectivity index (χ0) is 13.4. The zero-order valence-electron chi connectivity index (χ0n) is 11.4. The second-order valence-corrected chi connectivity index (χ2v) is 5.38. The van der Waals surface area contributed by atoms with Crippen LogP contribution in [0.2, 0.25) is 0 Å². The molecule has 2 heteroatoms. The van der Waals surface area contributed by atoms with Gasteiger partial charge in [-0.2, -0.15) is 0 Å². The molecule has 19 heavy (non-hydrogen) atoms. The Kier molecular flexibility index (Phi) is 3.03. The van der Waals surface area contributed by atoms with E-state index < -0.39 is 0 Å². The predicted molar refractivity (Wildman–Crippen MR) is 77.6 cm³/mol. The lowest BCUT2D eigenvalue weighted by molar-refractivity contribution is 0.471. The number of nitrogens with one attached hydrogen (secondary N) is 1. The fourth-order valence-corrected chi connectivity index (χ4v) is 2.98. The molecule has 0 saturated heterocycles. The number of rotatable bonds is 1. The first-order valence-electron chi connectivity index (χ1n) is 6.77. The topological polar surface area (TPSA) is 32.3 Å². The molecule has 0 bridgehead atoms. The average molecular weight is 253 g/mol. The number of phenolic OH excluding ortho intramolecular Hbond substituents is 1. The lowest BCUT2D eigenvalue weighted by Crippen LogP contribution is -2.31. The Bertz CT molecular complexity index is 619. The standard InChI is InChI=1S/C17H19NO/c1-11-3-5-15(12(2)9-11)17-16-6-4-14(19)10-13(16)7-8-18-17/h3-6,9-10,17-19H,7-8H2,1-2H3. The van der Waals surface area contributed by atoms with Crippen LogP contribution in [-0.4, -0.2) is 11.7 Å². The van der Waals surface area contributed by atoms with Crippen molar-refractivity contribution in [1.29, 1.82) is 0 Å². The third-order valence-electron chi connectivity index (χ3n) is 3.92. The van der Waals surface area contributed by atoms with Gasteiger partial charge in [-0.15, -0.1) is 0 Å². The highest BCUT2D eigenvalue weighted by Crippen LogP contribution is 2.32. The Labute approximate surface area is 114 Å². The molecule has 1 atom stereocenters. The van der Waals surface area contributed by atoms with Gasteiger partial charge in [0.05, 0.1) is 6.04 Å². The summed E-state index contributed by atoms with van der Waals surface area (Å²) in [7, 11) is 0. The van der Waals surface area contributed by atoms with Crippen molar-refractivity contribution in [2.45, 2.75) is 26.3 Å². The summed E-state index contributed by atoms with van der Waals surface area (Å²) in [5, 5.41) is 13.2. The first kappa shape index (κ1) is 12.2. The second-order valence-electron chi connectivity index (χ2n) is 5.38. The summed E-state index contributed by atoms with van der Waals surface area (Å²) in [6.45, 7) is 5.24. The molecule has 2 aromatic carbocycles. The summed E-state index contributed by atoms with van der Waals surface area (Å²) in [6.07, 6.45) is 0.977. The molecule has 0 radical (unpaired) electrons. The molecule has 98 valence electrons. The van der Waals surface area contributed by atoms with Gasteiger partial charge in [0.25, 0.3) is 0 Å². The molecule has 0 saturated carbocycles. The molecule has 0 aromatic heterocycles. The van der Waals surface area contributed by atoms with Crippen molar-refractivity contribution in [2.24, 2.45) is 0 Å². The number of aromatic hydroxyl groups is 1. The number of fused-ring (bicyclic) bond motifs is 1. The van der Waals surface area contributed by atoms with Crippen LogP contribution in [-0.2, 0) is 6.42 Å². The summed E-state index contributed by atoms with van der Waals surface area (Å²) in [5.41, 5.74) is 6.48. The quantitative estimate of drug-likeness (QED) is 0.817. The highest BCUT2D eigenvalue weighted by molar-refractivity contribution is 5.45. The van der Waals surface area contributed by atoms with Gasteiger partial charge < -0.3 is 10.4 Å². The minimum atomic E-state index is 0.241. The van der Waals surface area contributed by atoms with Crippen molar-refractivity contribution in [3.8, 4) is 5.75 Å². The molecule has 3 rings (SSSR count). The van der Waals surface area contributed by atoms with E-state index in [9.17, 15) is 5.11 Å². The van der Waals surface area contributed by atoms with E-state index in [-0.39, 0.29) is 6.04 Å². The van der Waals surface area contributed by atoms with E-state index in [2.05, 4.69) is 37.4 Å². The van der Waals surface area contributed by atoms with Gasteiger partial charge in [0.15, 0.2) is 0 Å². The van der Waals surface area contributed by atoms with E-state index in [1.54, 1.807) is 6.07 Å². The number of hydrogen-bond acceptors (Lipinski definition) is 2. The molecule has 1 aliphatic rings. The fourth-order valence-electron chi connectivity index (χ4n) is 2.98. The molecule has 0 fully saturated rings. The van der Waals surface area contributed by atoms with E-state index >= 15 is 0 Å². The van der Waals surface area contributed by atoms with E-state index in [1.807, 2.05) is 12.1 Å². The summed E-state index contributed by atoms with van der Waals surface area (Å²) >= 11 is 0. The minimum Gasteiger partial charge on any atom is -0.508 e. The third kappa shape index (κ3) is 2.24. The molecule has 1 heterocycles. The van der Waals surface area contributed by atoms with Gasteiger partial charge in [-0.1, -0.05) is 29.8 Å². The molecular formula is C17H19NO. The second kappa shape index (κ2) is 4.71. The Balaban J connectivity index is 2.08. The van der Waals surface area contributed by atoms with Crippen molar-refractivity contribution >= 4 is 0 Å². The van der Waals surface area contributed by atoms with E-state index in [1.165, 1.54) is 27.8 Å². The first-order chi connectivity index (χ1) is 9.15. The Morgan fingerprint density at radius 1 is 1.05 bits per heavy atom. The molecule has 0 aliphatic carbocycles. The van der Waals surface area contributed by atoms with Gasteiger partial charge >= 0.3 is 0 Å². The number of hydrogen-bond donors (Lipinski definition) is 2. The number of benzene rings is 2. The summed E-state index contributed by atoms with van der Waals surface area (Å²) in [5.74, 6) is 0.361.